The average molecular weight is 325 g/mol. The van der Waals surface area contributed by atoms with E-state index in [2.05, 4.69) is 10.3 Å². The van der Waals surface area contributed by atoms with Crippen molar-refractivity contribution in [1.29, 1.82) is 0 Å². The fraction of sp³-hybridized carbons (Fsp3) is 0. The van der Waals surface area contributed by atoms with Gasteiger partial charge in [-0.15, -0.1) is 23.7 Å². The number of hydrogen-bond acceptors (Lipinski definition) is 3. The summed E-state index contributed by atoms with van der Waals surface area (Å²) in [4.78, 5) is 16.6. The van der Waals surface area contributed by atoms with Crippen LogP contribution in [0.1, 0.15) is 9.67 Å². The van der Waals surface area contributed by atoms with Gasteiger partial charge in [0.2, 0.25) is 0 Å². The monoisotopic (exact) mass is 324 g/mol. The van der Waals surface area contributed by atoms with Crippen molar-refractivity contribution in [1.82, 2.24) is 4.98 Å². The number of thiophene rings is 1. The van der Waals surface area contributed by atoms with Crippen LogP contribution in [0.15, 0.2) is 48.8 Å². The highest BCUT2D eigenvalue weighted by molar-refractivity contribution is 7.21. The molecule has 102 valence electrons. The average Bonchev–Trinajstić information content (AvgIpc) is 2.78. The van der Waals surface area contributed by atoms with Crippen molar-refractivity contribution >= 4 is 57.0 Å². The summed E-state index contributed by atoms with van der Waals surface area (Å²) < 4.78 is 1.01. The second-order valence-corrected chi connectivity index (χ2v) is 5.36. The molecule has 1 aromatic carbocycles. The van der Waals surface area contributed by atoms with Crippen LogP contribution >= 0.6 is 35.3 Å². The molecule has 2 heterocycles. The zero-order chi connectivity index (χ0) is 13.2. The van der Waals surface area contributed by atoms with E-state index in [4.69, 9.17) is 11.6 Å². The van der Waals surface area contributed by atoms with Crippen molar-refractivity contribution in [3.8, 4) is 0 Å². The van der Waals surface area contributed by atoms with Crippen molar-refractivity contribution in [2.24, 2.45) is 0 Å². The Kier molecular flexibility index (Phi) is 4.60. The van der Waals surface area contributed by atoms with Crippen molar-refractivity contribution in [3.05, 3.63) is 58.7 Å². The molecule has 0 atom stereocenters. The number of carbonyl (C=O) groups is 1. The molecule has 0 unspecified atom stereocenters. The van der Waals surface area contributed by atoms with Crippen LogP contribution in [-0.4, -0.2) is 10.9 Å². The zero-order valence-corrected chi connectivity index (χ0v) is 12.6. The summed E-state index contributed by atoms with van der Waals surface area (Å²) in [6, 6.07) is 11.2. The van der Waals surface area contributed by atoms with Gasteiger partial charge in [-0.25, -0.2) is 0 Å². The van der Waals surface area contributed by atoms with Crippen molar-refractivity contribution in [2.45, 2.75) is 0 Å². The SMILES string of the molecule is Cl.O=C(Nc1ccncc1)c1sc2ccccc2c1Cl. The van der Waals surface area contributed by atoms with Crippen LogP contribution in [0, 0.1) is 0 Å². The van der Waals surface area contributed by atoms with E-state index in [1.54, 1.807) is 24.5 Å². The van der Waals surface area contributed by atoms with Crippen LogP contribution in [0.2, 0.25) is 5.02 Å². The number of carbonyl (C=O) groups excluding carboxylic acids is 1. The predicted molar refractivity (Wildman–Crippen MR) is 86.3 cm³/mol. The lowest BCUT2D eigenvalue weighted by molar-refractivity contribution is 0.103. The number of anilines is 1. The Morgan fingerprint density at radius 1 is 1.15 bits per heavy atom. The van der Waals surface area contributed by atoms with Gasteiger partial charge < -0.3 is 5.32 Å². The third-order valence-electron chi connectivity index (χ3n) is 2.68. The molecule has 0 saturated heterocycles. The summed E-state index contributed by atoms with van der Waals surface area (Å²) in [5.41, 5.74) is 0.702. The van der Waals surface area contributed by atoms with Crippen molar-refractivity contribution in [2.75, 3.05) is 5.32 Å². The maximum absolute atomic E-state index is 12.2. The molecule has 20 heavy (non-hydrogen) atoms. The standard InChI is InChI=1S/C14H9ClN2OS.ClH/c15-12-10-3-1-2-4-11(10)19-13(12)14(18)17-9-5-7-16-8-6-9;/h1-8H,(H,16,17,18);1H. The van der Waals surface area contributed by atoms with Crippen LogP contribution in [0.4, 0.5) is 5.69 Å². The third kappa shape index (κ3) is 2.77. The number of amides is 1. The first-order valence-corrected chi connectivity index (χ1v) is 6.83. The zero-order valence-electron chi connectivity index (χ0n) is 10.2. The van der Waals surface area contributed by atoms with E-state index >= 15 is 0 Å². The summed E-state index contributed by atoms with van der Waals surface area (Å²) in [5.74, 6) is -0.197. The number of rotatable bonds is 2. The Balaban J connectivity index is 0.00000147. The number of aromatic nitrogens is 1. The minimum Gasteiger partial charge on any atom is -0.321 e. The van der Waals surface area contributed by atoms with Gasteiger partial charge in [0.25, 0.3) is 5.91 Å². The molecule has 3 nitrogen and oxygen atoms in total. The molecule has 0 fully saturated rings. The summed E-state index contributed by atoms with van der Waals surface area (Å²) in [5, 5.41) is 4.22. The van der Waals surface area contributed by atoms with Gasteiger partial charge in [-0.1, -0.05) is 29.8 Å². The molecule has 3 aromatic rings. The predicted octanol–water partition coefficient (Wildman–Crippen LogP) is 4.62. The highest BCUT2D eigenvalue weighted by Crippen LogP contribution is 2.35. The molecule has 1 N–H and O–H groups in total. The van der Waals surface area contributed by atoms with Gasteiger partial charge in [0.1, 0.15) is 4.88 Å². The Morgan fingerprint density at radius 3 is 2.55 bits per heavy atom. The summed E-state index contributed by atoms with van der Waals surface area (Å²) in [6.07, 6.45) is 3.25. The summed E-state index contributed by atoms with van der Waals surface area (Å²) in [6.45, 7) is 0. The number of halogens is 2. The minimum atomic E-state index is -0.197. The Labute approximate surface area is 131 Å². The molecule has 0 aliphatic heterocycles. The van der Waals surface area contributed by atoms with Gasteiger partial charge in [0.05, 0.1) is 5.02 Å². The lowest BCUT2D eigenvalue weighted by Crippen LogP contribution is -2.10. The Bertz CT molecular complexity index is 743. The maximum atomic E-state index is 12.2. The van der Waals surface area contributed by atoms with Crippen LogP contribution in [0.25, 0.3) is 10.1 Å². The second kappa shape index (κ2) is 6.22. The number of fused-ring (bicyclic) bond motifs is 1. The molecule has 0 spiro atoms. The van der Waals surface area contributed by atoms with Crippen LogP contribution in [0.3, 0.4) is 0 Å². The molecule has 0 bridgehead atoms. The molecule has 0 saturated carbocycles. The first kappa shape index (κ1) is 14.8. The maximum Gasteiger partial charge on any atom is 0.267 e. The molecule has 0 aliphatic carbocycles. The highest BCUT2D eigenvalue weighted by Gasteiger charge is 2.16. The molecule has 3 rings (SSSR count). The van der Waals surface area contributed by atoms with Crippen molar-refractivity contribution in [3.63, 3.8) is 0 Å². The molecule has 2 aromatic heterocycles. The number of benzene rings is 1. The summed E-state index contributed by atoms with van der Waals surface area (Å²) in [7, 11) is 0. The van der Waals surface area contributed by atoms with E-state index in [1.807, 2.05) is 24.3 Å². The van der Waals surface area contributed by atoms with E-state index in [0.29, 0.717) is 15.6 Å². The quantitative estimate of drug-likeness (QED) is 0.747. The van der Waals surface area contributed by atoms with E-state index in [9.17, 15) is 4.79 Å². The number of pyridine rings is 1. The van der Waals surface area contributed by atoms with Crippen LogP contribution in [-0.2, 0) is 0 Å². The van der Waals surface area contributed by atoms with E-state index < -0.39 is 0 Å². The van der Waals surface area contributed by atoms with Crippen LogP contribution in [0.5, 0.6) is 0 Å². The summed E-state index contributed by atoms with van der Waals surface area (Å²) >= 11 is 7.65. The molecule has 0 aliphatic rings. The van der Waals surface area contributed by atoms with E-state index in [1.165, 1.54) is 11.3 Å². The minimum absolute atomic E-state index is 0. The molecular weight excluding hydrogens is 315 g/mol. The van der Waals surface area contributed by atoms with Crippen molar-refractivity contribution < 1.29 is 4.79 Å². The number of nitrogens with zero attached hydrogens (tertiary/aromatic N) is 1. The van der Waals surface area contributed by atoms with E-state index in [-0.39, 0.29) is 18.3 Å². The Hall–Kier alpha value is -1.62. The fourth-order valence-corrected chi connectivity index (χ4v) is 3.20. The molecule has 6 heteroatoms. The van der Waals surface area contributed by atoms with Gasteiger partial charge in [-0.2, -0.15) is 0 Å². The van der Waals surface area contributed by atoms with Gasteiger partial charge in [-0.3, -0.25) is 9.78 Å². The lowest BCUT2D eigenvalue weighted by Gasteiger charge is -2.02. The fourth-order valence-electron chi connectivity index (χ4n) is 1.78. The largest absolute Gasteiger partial charge is 0.321 e. The Morgan fingerprint density at radius 2 is 1.85 bits per heavy atom. The molecule has 0 radical (unpaired) electrons. The molecule has 1 amide bonds. The topological polar surface area (TPSA) is 42.0 Å². The number of nitrogens with one attached hydrogen (secondary N) is 1. The first-order valence-electron chi connectivity index (χ1n) is 5.64. The van der Waals surface area contributed by atoms with Crippen LogP contribution < -0.4 is 5.32 Å². The van der Waals surface area contributed by atoms with Gasteiger partial charge in [-0.05, 0) is 18.2 Å². The smallest absolute Gasteiger partial charge is 0.267 e. The highest BCUT2D eigenvalue weighted by atomic mass is 35.5. The normalized spacial score (nSPS) is 10.1. The first-order chi connectivity index (χ1) is 9.25. The van der Waals surface area contributed by atoms with Gasteiger partial charge in [0, 0.05) is 28.2 Å². The number of hydrogen-bond donors (Lipinski definition) is 1. The van der Waals surface area contributed by atoms with Gasteiger partial charge >= 0.3 is 0 Å². The second-order valence-electron chi connectivity index (χ2n) is 3.93. The molecular formula is C14H10Cl2N2OS. The third-order valence-corrected chi connectivity index (χ3v) is 4.35. The lowest BCUT2D eigenvalue weighted by atomic mass is 10.2. The van der Waals surface area contributed by atoms with Gasteiger partial charge in [0.15, 0.2) is 0 Å². The van der Waals surface area contributed by atoms with E-state index in [0.717, 1.165) is 10.1 Å².